The van der Waals surface area contributed by atoms with Crippen LogP contribution in [0, 0.1) is 24.5 Å². The van der Waals surface area contributed by atoms with Crippen molar-refractivity contribution in [2.75, 3.05) is 24.7 Å². The molecule has 0 fully saturated rings. The van der Waals surface area contributed by atoms with Crippen LogP contribution in [0.4, 0.5) is 33.2 Å². The van der Waals surface area contributed by atoms with Crippen molar-refractivity contribution >= 4 is 49.2 Å². The Balaban J connectivity index is 1.19. The highest BCUT2D eigenvalue weighted by molar-refractivity contribution is 6.66. The van der Waals surface area contributed by atoms with Gasteiger partial charge in [0.25, 0.3) is 5.70 Å². The molecule has 0 spiro atoms. The van der Waals surface area contributed by atoms with Crippen molar-refractivity contribution in [2.45, 2.75) is 71.8 Å². The van der Waals surface area contributed by atoms with E-state index in [1.807, 2.05) is 115 Å². The second kappa shape index (κ2) is 22.0. The van der Waals surface area contributed by atoms with Crippen LogP contribution in [0.2, 0.25) is 12.6 Å². The monoisotopic (exact) mass is 833 g/mol. The van der Waals surface area contributed by atoms with Crippen molar-refractivity contribution in [1.82, 2.24) is 5.32 Å². The third-order valence-electron chi connectivity index (χ3n) is 9.62. The van der Waals surface area contributed by atoms with E-state index in [9.17, 15) is 10.1 Å². The van der Waals surface area contributed by atoms with Crippen LogP contribution in [0.1, 0.15) is 58.1 Å². The number of carbonyl (C=O) groups excluding carboxylic acids is 1. The lowest BCUT2D eigenvalue weighted by Crippen LogP contribution is -2.40. The summed E-state index contributed by atoms with van der Waals surface area (Å²) in [6.45, 7) is 26.8. The Labute approximate surface area is 360 Å². The number of amides is 1. The fourth-order valence-electron chi connectivity index (χ4n) is 6.45. The number of nitrogens with zero attached hydrogens (tertiary/aromatic N) is 6. The van der Waals surface area contributed by atoms with E-state index in [0.29, 0.717) is 36.7 Å². The molecule has 1 aliphatic heterocycles. The minimum atomic E-state index is -2.26. The minimum Gasteiger partial charge on any atom is -0.505 e. The van der Waals surface area contributed by atoms with Gasteiger partial charge in [0.2, 0.25) is 5.70 Å². The first-order valence-electron chi connectivity index (χ1n) is 20.3. The van der Waals surface area contributed by atoms with Gasteiger partial charge in [0, 0.05) is 42.4 Å². The lowest BCUT2D eigenvalue weighted by molar-refractivity contribution is 0.0952. The van der Waals surface area contributed by atoms with Crippen LogP contribution >= 0.6 is 0 Å². The standard InChI is InChI=1S/C48H51N7O5Si/c1-8-31-58-61(7,59-32-9-2)33-13-30-52-47(56)57-35-37-18-25-41(26-19-37)55(40-14-11-10-12-15-40)42-27-23-39(24-28-42)54-53-38-21-16-36(17-22-38)20-29-43-45(51-6)46(44(34-49)50-5)60-48(43,3)4/h10-12,14-29H,8-9,13,30-33,35H2,1-4,7H3,(H,52,56)/b29-20+,46-44+,54-53?. The van der Waals surface area contributed by atoms with E-state index in [0.717, 1.165) is 53.5 Å². The molecule has 1 aliphatic rings. The molecule has 5 rings (SSSR count). The number of allylic oxidation sites excluding steroid dienone is 1. The normalized spacial score (nSPS) is 14.3. The molecule has 4 aromatic rings. The van der Waals surface area contributed by atoms with Crippen LogP contribution in [0.5, 0.6) is 0 Å². The number of anilines is 3. The van der Waals surface area contributed by atoms with Crippen molar-refractivity contribution in [1.29, 1.82) is 5.26 Å². The van der Waals surface area contributed by atoms with Gasteiger partial charge in [-0.3, -0.25) is 0 Å². The zero-order valence-corrected chi connectivity index (χ0v) is 36.4. The molecule has 0 bridgehead atoms. The summed E-state index contributed by atoms with van der Waals surface area (Å²) in [5.41, 5.74) is 5.55. The number of hydrogen-bond acceptors (Lipinski definition) is 9. The van der Waals surface area contributed by atoms with E-state index in [1.165, 1.54) is 0 Å². The molecular formula is C48H51N7O5Si. The van der Waals surface area contributed by atoms with E-state index < -0.39 is 20.3 Å². The SMILES string of the molecule is [C-]#[N+]C1=C(/C=C/c2ccc(N=Nc3ccc(N(c4ccccc4)c4ccc(COC(=O)NCCC[Si](C)(OCCC)OCCC)cc4)cc3)cc2)C(C)(C)O/C1=C(\C#N)[N+]#[C-]. The molecule has 1 amide bonds. The topological polar surface area (TPSA) is 126 Å². The van der Waals surface area contributed by atoms with E-state index in [1.54, 1.807) is 19.9 Å². The molecule has 0 unspecified atom stereocenters. The molecule has 0 aromatic heterocycles. The maximum Gasteiger partial charge on any atom is 0.407 e. The first-order chi connectivity index (χ1) is 29.5. The van der Waals surface area contributed by atoms with E-state index >= 15 is 0 Å². The summed E-state index contributed by atoms with van der Waals surface area (Å²) in [4.78, 5) is 21.4. The predicted molar refractivity (Wildman–Crippen MR) is 241 cm³/mol. The number of azo groups is 1. The average Bonchev–Trinajstić information content (AvgIpc) is 3.54. The summed E-state index contributed by atoms with van der Waals surface area (Å²) in [5.74, 6) is 0.0199. The van der Waals surface area contributed by atoms with Crippen LogP contribution in [0.15, 0.2) is 142 Å². The molecule has 0 aliphatic carbocycles. The Bertz CT molecular complexity index is 2330. The highest BCUT2D eigenvalue weighted by Gasteiger charge is 2.38. The van der Waals surface area contributed by atoms with Crippen LogP contribution in [0.25, 0.3) is 15.8 Å². The summed E-state index contributed by atoms with van der Waals surface area (Å²) in [6.07, 6.45) is 5.83. The summed E-state index contributed by atoms with van der Waals surface area (Å²) in [7, 11) is -2.26. The van der Waals surface area contributed by atoms with Gasteiger partial charge in [0.15, 0.2) is 0 Å². The van der Waals surface area contributed by atoms with E-state index in [2.05, 4.69) is 50.5 Å². The molecule has 0 atom stereocenters. The number of rotatable bonds is 19. The molecule has 0 saturated heterocycles. The van der Waals surface area contributed by atoms with Crippen molar-refractivity contribution in [3.8, 4) is 6.07 Å². The number of hydrogen-bond donors (Lipinski definition) is 1. The zero-order chi connectivity index (χ0) is 43.7. The van der Waals surface area contributed by atoms with Gasteiger partial charge in [-0.2, -0.15) is 10.2 Å². The number of nitrogens with one attached hydrogen (secondary N) is 1. The van der Waals surface area contributed by atoms with Crippen molar-refractivity contribution in [3.05, 3.63) is 166 Å². The maximum absolute atomic E-state index is 12.5. The second-order valence-corrected chi connectivity index (χ2v) is 18.1. The third-order valence-corrected chi connectivity index (χ3v) is 12.5. The molecule has 1 N–H and O–H groups in total. The van der Waals surface area contributed by atoms with Gasteiger partial charge >= 0.3 is 14.7 Å². The van der Waals surface area contributed by atoms with E-state index in [-0.39, 0.29) is 23.8 Å². The number of para-hydroxylation sites is 1. The number of alkyl carbamates (subject to hydrolysis) is 1. The largest absolute Gasteiger partial charge is 0.505 e. The fourth-order valence-corrected chi connectivity index (χ4v) is 8.91. The van der Waals surface area contributed by atoms with Crippen LogP contribution in [0.3, 0.4) is 0 Å². The highest BCUT2D eigenvalue weighted by atomic mass is 28.4. The smallest absolute Gasteiger partial charge is 0.407 e. The number of ether oxygens (including phenoxy) is 2. The number of nitriles is 1. The zero-order valence-electron chi connectivity index (χ0n) is 35.4. The Morgan fingerprint density at radius 1 is 0.869 bits per heavy atom. The first-order valence-corrected chi connectivity index (χ1v) is 22.8. The Hall–Kier alpha value is -6.82. The van der Waals surface area contributed by atoms with Crippen LogP contribution < -0.4 is 10.2 Å². The third kappa shape index (κ3) is 12.6. The molecule has 0 radical (unpaired) electrons. The summed E-state index contributed by atoms with van der Waals surface area (Å²) < 4.78 is 23.6. The van der Waals surface area contributed by atoms with Gasteiger partial charge in [-0.25, -0.2) is 19.7 Å². The molecule has 61 heavy (non-hydrogen) atoms. The Morgan fingerprint density at radius 3 is 2.00 bits per heavy atom. The van der Waals surface area contributed by atoms with Crippen molar-refractivity contribution < 1.29 is 23.1 Å². The van der Waals surface area contributed by atoms with Gasteiger partial charge in [-0.05, 0) is 117 Å². The quantitative estimate of drug-likeness (QED) is 0.0328. The van der Waals surface area contributed by atoms with Gasteiger partial charge in [0.1, 0.15) is 18.0 Å². The van der Waals surface area contributed by atoms with Gasteiger partial charge in [-0.1, -0.05) is 68.5 Å². The van der Waals surface area contributed by atoms with Gasteiger partial charge in [0.05, 0.1) is 30.6 Å². The fraction of sp³-hybridized carbons (Fsp3) is 0.292. The second-order valence-electron chi connectivity index (χ2n) is 14.8. The van der Waals surface area contributed by atoms with Gasteiger partial charge < -0.3 is 28.5 Å². The molecule has 13 heteroatoms. The summed E-state index contributed by atoms with van der Waals surface area (Å²) >= 11 is 0. The lowest BCUT2D eigenvalue weighted by Gasteiger charge is -2.27. The van der Waals surface area contributed by atoms with Gasteiger partial charge in [-0.15, -0.1) is 0 Å². The predicted octanol–water partition coefficient (Wildman–Crippen LogP) is 12.8. The molecular weight excluding hydrogens is 783 g/mol. The lowest BCUT2D eigenvalue weighted by atomic mass is 9.96. The van der Waals surface area contributed by atoms with Crippen molar-refractivity contribution in [2.24, 2.45) is 10.2 Å². The van der Waals surface area contributed by atoms with E-state index in [4.69, 9.17) is 31.5 Å². The van der Waals surface area contributed by atoms with Crippen LogP contribution in [-0.4, -0.2) is 40.0 Å². The maximum atomic E-state index is 12.5. The summed E-state index contributed by atoms with van der Waals surface area (Å²) in [6, 6.07) is 35.9. The molecule has 4 aromatic carbocycles. The number of benzene rings is 4. The summed E-state index contributed by atoms with van der Waals surface area (Å²) in [5, 5.41) is 21.1. The first kappa shape index (κ1) is 45.3. The number of carbonyl (C=O) groups is 1. The van der Waals surface area contributed by atoms with Crippen LogP contribution in [-0.2, 0) is 24.9 Å². The minimum absolute atomic E-state index is 0.0199. The Kier molecular flexibility index (Phi) is 16.3. The molecule has 0 saturated carbocycles. The highest BCUT2D eigenvalue weighted by Crippen LogP contribution is 2.42. The average molecular weight is 834 g/mol. The molecule has 1 heterocycles. The molecule has 312 valence electrons. The molecule has 12 nitrogen and oxygen atoms in total. The van der Waals surface area contributed by atoms with Crippen molar-refractivity contribution in [3.63, 3.8) is 0 Å². The Morgan fingerprint density at radius 2 is 1.44 bits per heavy atom.